The Balaban J connectivity index is 0.000000169. The summed E-state index contributed by atoms with van der Waals surface area (Å²) in [6.07, 6.45) is 14.3. The van der Waals surface area contributed by atoms with Crippen molar-refractivity contribution in [3.8, 4) is 0 Å². The van der Waals surface area contributed by atoms with E-state index in [1.54, 1.807) is 46.3 Å². The van der Waals surface area contributed by atoms with Crippen molar-refractivity contribution in [3.05, 3.63) is 178 Å². The van der Waals surface area contributed by atoms with Gasteiger partial charge in [-0.3, -0.25) is 55.7 Å². The number of hydrogen-bond acceptors (Lipinski definition) is 28. The molecule has 0 spiro atoms. The summed E-state index contributed by atoms with van der Waals surface area (Å²) in [5.41, 5.74) is 0.755. The predicted molar refractivity (Wildman–Crippen MR) is 399 cm³/mol. The van der Waals surface area contributed by atoms with E-state index in [0.29, 0.717) is 104 Å². The lowest BCUT2D eigenvalue weighted by molar-refractivity contribution is 0.137. The molecule has 110 heavy (non-hydrogen) atoms. The largest absolute Gasteiger partial charge is 0.395 e. The Morgan fingerprint density at radius 3 is 0.918 bits per heavy atom. The Bertz CT molecular complexity index is 4870. The van der Waals surface area contributed by atoms with Crippen molar-refractivity contribution in [2.45, 2.75) is 211 Å². The molecule has 0 radical (unpaired) electrons. The molecule has 0 aliphatic carbocycles. The zero-order valence-electron chi connectivity index (χ0n) is 60.9. The van der Waals surface area contributed by atoms with Crippen LogP contribution in [-0.2, 0) is 71.6 Å². The van der Waals surface area contributed by atoms with E-state index in [1.807, 2.05) is 0 Å². The topological polar surface area (TPSA) is 461 Å². The Labute approximate surface area is 641 Å². The second-order valence-corrected chi connectivity index (χ2v) is 32.4. The summed E-state index contributed by atoms with van der Waals surface area (Å²) < 4.78 is 65.4. The van der Waals surface area contributed by atoms with Crippen molar-refractivity contribution < 1.29 is 58.4 Å². The van der Waals surface area contributed by atoms with Crippen LogP contribution in [0.2, 0.25) is 0 Å². The van der Waals surface area contributed by atoms with Gasteiger partial charge < -0.3 is 40.9 Å². The molecular formula is C66H92F4N20O16S4. The molecule has 8 aromatic heterocycles. The monoisotopic (exact) mass is 1620 g/mol. The summed E-state index contributed by atoms with van der Waals surface area (Å²) in [4.78, 5) is 101. The number of alkyl halides is 4. The predicted octanol–water partition coefficient (Wildman–Crippen LogP) is -1.11. The van der Waals surface area contributed by atoms with Gasteiger partial charge in [-0.05, 0) is 59.8 Å². The molecule has 4 aliphatic heterocycles. The quantitative estimate of drug-likeness (QED) is 0.0195. The van der Waals surface area contributed by atoms with Gasteiger partial charge in [0.1, 0.15) is 32.4 Å². The smallest absolute Gasteiger partial charge is 0.332 e. The van der Waals surface area contributed by atoms with Crippen LogP contribution < -0.4 is 45.0 Å². The summed E-state index contributed by atoms with van der Waals surface area (Å²) in [6.45, 7) is 4.73. The Hall–Kier alpha value is -7.92. The van der Waals surface area contributed by atoms with E-state index in [4.69, 9.17) is 0 Å². The zero-order valence-corrected chi connectivity index (χ0v) is 64.1. The van der Waals surface area contributed by atoms with E-state index in [-0.39, 0.29) is 138 Å². The molecule has 12 heterocycles. The molecule has 0 saturated carbocycles. The SMILES string of the molecule is Cc1cn(C2CC(O)[C@@H](CO)S2)c(=O)n(CCCCc2cn(CC[18F])nn2)c1=O.Cc1cn(C2CC(O)[C@@H](CO)S2)c(=O)n(CCCc2cn(CC[18F])nn2)c1=O.Cc1cn(C2CC(O)[C@@H](CO)S2)c(=O)n(CCc2cn(CC[18F])nn2)c1=O.Cc1cn(C2CC(O)[C@@H](CO)S2)c(=O)n(Cc2cn(CC[18F])nn2)c1=O. The van der Waals surface area contributed by atoms with Gasteiger partial charge in [0.2, 0.25) is 0 Å². The van der Waals surface area contributed by atoms with Gasteiger partial charge in [0.05, 0.1) is 149 Å². The van der Waals surface area contributed by atoms with Crippen LogP contribution in [0.3, 0.4) is 0 Å². The third-order valence-corrected chi connectivity index (χ3v) is 24.8. The number of nitrogens with zero attached hydrogens (tertiary/aromatic N) is 20. The molecule has 4 saturated heterocycles. The van der Waals surface area contributed by atoms with E-state index in [1.165, 1.54) is 124 Å². The van der Waals surface area contributed by atoms with E-state index in [0.717, 1.165) is 14.8 Å². The summed E-state index contributed by atoms with van der Waals surface area (Å²) >= 11 is 5.30. The van der Waals surface area contributed by atoms with E-state index >= 15 is 0 Å². The van der Waals surface area contributed by atoms with Crippen LogP contribution in [0.4, 0.5) is 17.6 Å². The average molecular weight is 1620 g/mol. The maximum atomic E-state index is 12.9. The molecule has 0 aromatic carbocycles. The third kappa shape index (κ3) is 21.4. The number of rotatable bonds is 30. The summed E-state index contributed by atoms with van der Waals surface area (Å²) in [6, 6.07) is 0. The van der Waals surface area contributed by atoms with Gasteiger partial charge >= 0.3 is 22.8 Å². The number of aliphatic hydroxyl groups is 8. The standard InChI is InChI=1S/C18H26FN5O4S.C17H24FN5O4S.C16H22FN5O4S.C15H20FN5O4S/c1-12-9-24(16-8-14(26)15(11-25)29-16)18(28)23(17(12)27)6-3-2-4-13-10-22(7-5-19)21-20-13;1-11-8-23(15-7-13(25)14(10-24)28-15)17(27)22(16(11)26)5-2-3-12-9-21(6-4-18)20-19-12;1-10-7-22(14-6-12(24)13(9-23)27-14)16(26)21(15(10)25)4-2-11-8-20(5-3-17)19-18-11;1-9-5-20(13-4-11(23)12(8-22)26-13)15(25)21(14(9)24)7-10-6-19(3-2-16)18-17-10/h9-10,14-16,25-26H,2-8,11H2,1H3;8-9,13-15,24-25H,2-7,10H2,1H3;7-8,12-14,23-24H,2-6,9H2,1H3;5-6,11-13,22-23H,2-4,7-8H2,1H3/t14?,15-,16?;13?,14-,15?;12?,13-,14?;11?,12-,13?/m1111/s1/i19-1;18-1;17-1;16-1. The molecule has 8 aromatic rings. The second-order valence-electron chi connectivity index (χ2n) is 26.7. The number of aryl methyl sites for hydroxylation is 11. The number of thioether (sulfide) groups is 4. The first-order chi connectivity index (χ1) is 52.8. The molecule has 8 unspecified atom stereocenters. The number of hydrogen-bond donors (Lipinski definition) is 8. The minimum absolute atomic E-state index is 0.0547. The van der Waals surface area contributed by atoms with Gasteiger partial charge in [0, 0.05) is 117 Å². The maximum absolute atomic E-state index is 12.9. The minimum Gasteiger partial charge on any atom is -0.395 e. The van der Waals surface area contributed by atoms with Crippen LogP contribution >= 0.6 is 47.0 Å². The number of halogens is 4. The van der Waals surface area contributed by atoms with Gasteiger partial charge in [0.25, 0.3) is 22.2 Å². The maximum Gasteiger partial charge on any atom is 0.332 e. The van der Waals surface area contributed by atoms with Crippen molar-refractivity contribution >= 4 is 47.0 Å². The molecule has 44 heteroatoms. The fraction of sp³-hybridized carbons (Fsp3) is 0.636. The van der Waals surface area contributed by atoms with Gasteiger partial charge in [0.15, 0.2) is 0 Å². The Morgan fingerprint density at radius 1 is 0.345 bits per heavy atom. The highest BCUT2D eigenvalue weighted by atomic mass is 32.2. The van der Waals surface area contributed by atoms with Crippen molar-refractivity contribution in [3.63, 3.8) is 0 Å². The fourth-order valence-corrected chi connectivity index (χ4v) is 18.2. The number of aromatic nitrogens is 20. The minimum atomic E-state index is -0.719. The molecule has 8 N–H and O–H groups in total. The molecular weight excluding hydrogens is 1530 g/mol. The molecule has 4 aliphatic rings. The number of unbranched alkanes of at least 4 members (excludes halogenated alkanes) is 1. The van der Waals surface area contributed by atoms with Crippen LogP contribution in [0.1, 0.15) is 111 Å². The fourth-order valence-electron chi connectivity index (χ4n) is 12.7. The van der Waals surface area contributed by atoms with Gasteiger partial charge in [-0.1, -0.05) is 20.9 Å². The number of aliphatic hydroxyl groups excluding tert-OH is 8. The Morgan fingerprint density at radius 2 is 0.609 bits per heavy atom. The highest BCUT2D eigenvalue weighted by molar-refractivity contribution is 8.01. The lowest BCUT2D eigenvalue weighted by Gasteiger charge is -2.16. The van der Waals surface area contributed by atoms with Gasteiger partial charge in [-0.2, -0.15) is 0 Å². The van der Waals surface area contributed by atoms with Crippen molar-refractivity contribution in [2.24, 2.45) is 0 Å². The lowest BCUT2D eigenvalue weighted by atomic mass is 10.2. The zero-order chi connectivity index (χ0) is 79.6. The first kappa shape index (κ1) is 86.1. The third-order valence-electron chi connectivity index (χ3n) is 18.6. The molecule has 12 rings (SSSR count). The average Bonchev–Trinajstić information content (AvgIpc) is 1.53. The van der Waals surface area contributed by atoms with Gasteiger partial charge in [-0.25, -0.2) is 55.5 Å². The lowest BCUT2D eigenvalue weighted by Crippen LogP contribution is -2.41. The molecule has 12 atom stereocenters. The van der Waals surface area contributed by atoms with Gasteiger partial charge in [-0.15, -0.1) is 67.4 Å². The van der Waals surface area contributed by atoms with Crippen LogP contribution in [0.25, 0.3) is 0 Å². The van der Waals surface area contributed by atoms with E-state index in [2.05, 4.69) is 41.2 Å². The van der Waals surface area contributed by atoms with Crippen LogP contribution in [0.15, 0.2) is 87.9 Å². The molecule has 604 valence electrons. The van der Waals surface area contributed by atoms with E-state index in [9.17, 15) is 96.8 Å². The van der Waals surface area contributed by atoms with Crippen molar-refractivity contribution in [2.75, 3.05) is 53.1 Å². The molecule has 0 amide bonds. The summed E-state index contributed by atoms with van der Waals surface area (Å²) in [5.74, 6) is 0. The van der Waals surface area contributed by atoms with Crippen LogP contribution in [0.5, 0.6) is 0 Å². The van der Waals surface area contributed by atoms with Crippen LogP contribution in [0, 0.1) is 27.7 Å². The highest BCUT2D eigenvalue weighted by Gasteiger charge is 2.39. The van der Waals surface area contributed by atoms with Crippen LogP contribution in [-0.4, -0.2) is 236 Å². The molecule has 36 nitrogen and oxygen atoms in total. The summed E-state index contributed by atoms with van der Waals surface area (Å²) in [5, 5.41) is 105. The van der Waals surface area contributed by atoms with Crippen molar-refractivity contribution in [1.82, 2.24) is 96.5 Å². The second kappa shape index (κ2) is 40.5. The normalized spacial score (nSPS) is 22.3. The Kier molecular flexibility index (Phi) is 31.7. The first-order valence-corrected chi connectivity index (χ1v) is 39.4. The first-order valence-electron chi connectivity index (χ1n) is 35.6. The van der Waals surface area contributed by atoms with Crippen molar-refractivity contribution in [1.29, 1.82) is 0 Å². The van der Waals surface area contributed by atoms with E-state index < -0.39 is 79.4 Å². The summed E-state index contributed by atoms with van der Waals surface area (Å²) in [7, 11) is 0. The molecule has 0 bridgehead atoms. The highest BCUT2D eigenvalue weighted by Crippen LogP contribution is 2.43. The molecule has 4 fully saturated rings.